The van der Waals surface area contributed by atoms with Gasteiger partial charge >= 0.3 is 0 Å². The number of rotatable bonds is 3. The molecule has 140 valence electrons. The van der Waals surface area contributed by atoms with Crippen LogP contribution >= 0.6 is 0 Å². The molecule has 0 spiro atoms. The Kier molecular flexibility index (Phi) is 4.34. The predicted molar refractivity (Wildman–Crippen MR) is 94.6 cm³/mol. The van der Waals surface area contributed by atoms with Gasteiger partial charge in [0.25, 0.3) is 5.91 Å². The van der Waals surface area contributed by atoms with Gasteiger partial charge in [-0.25, -0.2) is 0 Å². The zero-order valence-corrected chi connectivity index (χ0v) is 14.9. The number of hydrogen-bond acceptors (Lipinski definition) is 4. The number of likely N-dealkylation sites (tertiary alicyclic amines) is 1. The van der Waals surface area contributed by atoms with E-state index in [9.17, 15) is 19.5 Å². The molecule has 1 aromatic rings. The molecule has 3 unspecified atom stereocenters. The monoisotopic (exact) mass is 359 g/mol. The number of aryl methyl sites for hydroxylation is 1. The van der Waals surface area contributed by atoms with Crippen molar-refractivity contribution in [2.75, 3.05) is 6.54 Å². The number of nitrogens with one attached hydrogen (secondary N) is 2. The second kappa shape index (κ2) is 6.54. The Hall–Kier alpha value is -2.15. The molecule has 1 saturated heterocycles. The van der Waals surface area contributed by atoms with Gasteiger partial charge in [-0.1, -0.05) is 0 Å². The molecule has 2 aliphatic carbocycles. The summed E-state index contributed by atoms with van der Waals surface area (Å²) >= 11 is 0. The Bertz CT molecular complexity index is 783. The maximum absolute atomic E-state index is 12.6. The van der Waals surface area contributed by atoms with Crippen LogP contribution in [0.15, 0.2) is 17.2 Å². The van der Waals surface area contributed by atoms with E-state index in [-0.39, 0.29) is 52.8 Å². The smallest absolute Gasteiger partial charge is 0.256 e. The summed E-state index contributed by atoms with van der Waals surface area (Å²) in [6, 6.07) is 0.240. The fraction of sp³-hybridized carbons (Fsp3) is 0.632. The van der Waals surface area contributed by atoms with Crippen molar-refractivity contribution in [3.63, 3.8) is 0 Å². The summed E-state index contributed by atoms with van der Waals surface area (Å²) in [6.07, 6.45) is 6.44. The normalized spacial score (nSPS) is 32.8. The molecule has 2 heterocycles. The number of aliphatic hydroxyl groups is 1. The van der Waals surface area contributed by atoms with Crippen LogP contribution in [0.5, 0.6) is 0 Å². The topological polar surface area (TPSA) is 102 Å². The lowest BCUT2D eigenvalue weighted by Gasteiger charge is -2.35. The SMILES string of the molecule is Cc1c[nH]cc(C(=O)NC2CCC3CC2CN3C(=O)C2CC(O)C2)c1=O. The van der Waals surface area contributed by atoms with Gasteiger partial charge in [-0.15, -0.1) is 0 Å². The largest absolute Gasteiger partial charge is 0.393 e. The van der Waals surface area contributed by atoms with Crippen molar-refractivity contribution in [2.24, 2.45) is 11.8 Å². The van der Waals surface area contributed by atoms with E-state index in [1.165, 1.54) is 6.20 Å². The third kappa shape index (κ3) is 2.94. The Labute approximate surface area is 151 Å². The number of nitrogens with zero attached hydrogens (tertiary/aromatic N) is 1. The molecule has 4 rings (SSSR count). The van der Waals surface area contributed by atoms with Crippen molar-refractivity contribution < 1.29 is 14.7 Å². The Morgan fingerprint density at radius 1 is 1.23 bits per heavy atom. The van der Waals surface area contributed by atoms with E-state index in [0.717, 1.165) is 19.3 Å². The van der Waals surface area contributed by atoms with Crippen molar-refractivity contribution in [1.29, 1.82) is 0 Å². The van der Waals surface area contributed by atoms with Crippen LogP contribution in [-0.4, -0.2) is 51.5 Å². The fourth-order valence-corrected chi connectivity index (χ4v) is 4.62. The second-order valence-electron chi connectivity index (χ2n) is 8.00. The number of H-pyrrole nitrogens is 1. The summed E-state index contributed by atoms with van der Waals surface area (Å²) in [5.74, 6) is 0.00832. The molecule has 26 heavy (non-hydrogen) atoms. The van der Waals surface area contributed by atoms with Crippen LogP contribution in [0.2, 0.25) is 0 Å². The summed E-state index contributed by atoms with van der Waals surface area (Å²) < 4.78 is 0. The van der Waals surface area contributed by atoms with E-state index in [4.69, 9.17) is 0 Å². The van der Waals surface area contributed by atoms with Gasteiger partial charge in [-0.2, -0.15) is 0 Å². The molecular weight excluding hydrogens is 334 g/mol. The quantitative estimate of drug-likeness (QED) is 0.734. The zero-order valence-electron chi connectivity index (χ0n) is 14.9. The van der Waals surface area contributed by atoms with Crippen LogP contribution < -0.4 is 10.7 Å². The van der Waals surface area contributed by atoms with E-state index < -0.39 is 0 Å². The van der Waals surface area contributed by atoms with E-state index in [1.54, 1.807) is 13.1 Å². The molecule has 1 aromatic heterocycles. The Balaban J connectivity index is 1.41. The van der Waals surface area contributed by atoms with Crippen LogP contribution in [0.3, 0.4) is 0 Å². The molecule has 2 bridgehead atoms. The average Bonchev–Trinajstić information content (AvgIpc) is 2.94. The summed E-state index contributed by atoms with van der Waals surface area (Å²) in [5.41, 5.74) is 0.407. The molecule has 2 amide bonds. The number of aromatic nitrogens is 1. The fourth-order valence-electron chi connectivity index (χ4n) is 4.62. The zero-order chi connectivity index (χ0) is 18.4. The lowest BCUT2D eigenvalue weighted by atomic mass is 9.81. The first-order valence-corrected chi connectivity index (χ1v) is 9.41. The highest BCUT2D eigenvalue weighted by molar-refractivity contribution is 5.94. The number of amides is 2. The van der Waals surface area contributed by atoms with Crippen LogP contribution in [0, 0.1) is 18.8 Å². The van der Waals surface area contributed by atoms with Crippen LogP contribution in [-0.2, 0) is 4.79 Å². The number of hydrogen-bond donors (Lipinski definition) is 3. The first kappa shape index (κ1) is 17.3. The molecule has 3 aliphatic rings. The molecule has 1 aliphatic heterocycles. The number of aliphatic hydroxyl groups excluding tert-OH is 1. The predicted octanol–water partition coefficient (Wildman–Crippen LogP) is 0.564. The van der Waals surface area contributed by atoms with Crippen molar-refractivity contribution in [3.8, 4) is 0 Å². The molecule has 3 atom stereocenters. The van der Waals surface area contributed by atoms with Gasteiger partial charge in [-0.05, 0) is 44.9 Å². The standard InChI is InChI=1S/C19H25N3O4/c1-10-7-20-8-15(17(10)24)18(25)21-16-3-2-13-4-12(16)9-22(13)19(26)11-5-14(23)6-11/h7-8,11-14,16,23H,2-6,9H2,1H3,(H,20,24)(H,21,25). The number of aromatic amines is 1. The van der Waals surface area contributed by atoms with Gasteiger partial charge in [0.05, 0.1) is 6.10 Å². The lowest BCUT2D eigenvalue weighted by Crippen LogP contribution is -2.45. The van der Waals surface area contributed by atoms with Gasteiger partial charge in [-0.3, -0.25) is 14.4 Å². The van der Waals surface area contributed by atoms with Gasteiger partial charge < -0.3 is 20.3 Å². The highest BCUT2D eigenvalue weighted by Crippen LogP contribution is 2.39. The van der Waals surface area contributed by atoms with E-state index >= 15 is 0 Å². The van der Waals surface area contributed by atoms with Crippen molar-refractivity contribution >= 4 is 11.8 Å². The molecule has 7 nitrogen and oxygen atoms in total. The maximum Gasteiger partial charge on any atom is 0.256 e. The third-order valence-electron chi connectivity index (χ3n) is 6.26. The molecule has 7 heteroatoms. The Morgan fingerprint density at radius 3 is 2.73 bits per heavy atom. The number of fused-ring (bicyclic) bond motifs is 2. The van der Waals surface area contributed by atoms with Crippen LogP contribution in [0.1, 0.15) is 48.0 Å². The first-order valence-electron chi connectivity index (χ1n) is 9.41. The summed E-state index contributed by atoms with van der Waals surface area (Å²) in [4.78, 5) is 42.1. The van der Waals surface area contributed by atoms with Gasteiger partial charge in [0.1, 0.15) is 5.56 Å². The van der Waals surface area contributed by atoms with Crippen molar-refractivity contribution in [1.82, 2.24) is 15.2 Å². The molecular formula is C19H25N3O4. The minimum Gasteiger partial charge on any atom is -0.393 e. The van der Waals surface area contributed by atoms with Gasteiger partial charge in [0, 0.05) is 42.5 Å². The number of pyridine rings is 1. The molecule has 3 fully saturated rings. The van der Waals surface area contributed by atoms with Crippen molar-refractivity contribution in [3.05, 3.63) is 33.7 Å². The molecule has 2 saturated carbocycles. The third-order valence-corrected chi connectivity index (χ3v) is 6.26. The minimum atomic E-state index is -0.342. The lowest BCUT2D eigenvalue weighted by molar-refractivity contribution is -0.143. The summed E-state index contributed by atoms with van der Waals surface area (Å²) in [5, 5.41) is 12.5. The summed E-state index contributed by atoms with van der Waals surface area (Å²) in [6.45, 7) is 2.34. The van der Waals surface area contributed by atoms with Gasteiger partial charge in [0.2, 0.25) is 5.91 Å². The summed E-state index contributed by atoms with van der Waals surface area (Å²) in [7, 11) is 0. The average molecular weight is 359 g/mol. The van der Waals surface area contributed by atoms with Gasteiger partial charge in [0.15, 0.2) is 5.43 Å². The van der Waals surface area contributed by atoms with E-state index in [2.05, 4.69) is 10.3 Å². The highest BCUT2D eigenvalue weighted by Gasteiger charge is 2.46. The number of carbonyl (C=O) groups is 2. The van der Waals surface area contributed by atoms with Crippen LogP contribution in [0.4, 0.5) is 0 Å². The highest BCUT2D eigenvalue weighted by atomic mass is 16.3. The Morgan fingerprint density at radius 2 is 2.00 bits per heavy atom. The van der Waals surface area contributed by atoms with Crippen LogP contribution in [0.25, 0.3) is 0 Å². The molecule has 0 aromatic carbocycles. The van der Waals surface area contributed by atoms with E-state index in [0.29, 0.717) is 24.9 Å². The number of carbonyl (C=O) groups excluding carboxylic acids is 2. The maximum atomic E-state index is 12.6. The second-order valence-corrected chi connectivity index (χ2v) is 8.00. The minimum absolute atomic E-state index is 0.0107. The molecule has 0 radical (unpaired) electrons. The molecule has 3 N–H and O–H groups in total. The van der Waals surface area contributed by atoms with E-state index in [1.807, 2.05) is 4.90 Å². The van der Waals surface area contributed by atoms with Crippen molar-refractivity contribution in [2.45, 2.75) is 57.2 Å². The first-order chi connectivity index (χ1) is 12.4.